The number of nitrogens with zero attached hydrogens (tertiary/aromatic N) is 1. The van der Waals surface area contributed by atoms with Crippen LogP contribution in [0, 0.1) is 0 Å². The van der Waals surface area contributed by atoms with Crippen LogP contribution in [0.4, 0.5) is 0 Å². The van der Waals surface area contributed by atoms with Gasteiger partial charge in [-0.1, -0.05) is 11.6 Å². The van der Waals surface area contributed by atoms with Crippen LogP contribution >= 0.6 is 23.4 Å². The SMILES string of the molecule is CC(Sc1ccc(Cl)cc1)C(=O)N1CCC[C@H]1CO. The van der Waals surface area contributed by atoms with E-state index in [0.29, 0.717) is 5.02 Å². The Morgan fingerprint density at radius 3 is 2.84 bits per heavy atom. The van der Waals surface area contributed by atoms with Gasteiger partial charge in [0.2, 0.25) is 5.91 Å². The number of rotatable bonds is 4. The number of hydrogen-bond donors (Lipinski definition) is 1. The molecule has 1 aliphatic heterocycles. The number of carbonyl (C=O) groups excluding carboxylic acids is 1. The van der Waals surface area contributed by atoms with E-state index in [2.05, 4.69) is 0 Å². The fraction of sp³-hybridized carbons (Fsp3) is 0.500. The van der Waals surface area contributed by atoms with Gasteiger partial charge in [0.15, 0.2) is 0 Å². The van der Waals surface area contributed by atoms with Gasteiger partial charge in [0, 0.05) is 16.5 Å². The molecule has 3 nitrogen and oxygen atoms in total. The van der Waals surface area contributed by atoms with Crippen LogP contribution in [0.2, 0.25) is 5.02 Å². The highest BCUT2D eigenvalue weighted by Crippen LogP contribution is 2.28. The molecule has 1 aliphatic rings. The molecule has 1 saturated heterocycles. The molecule has 1 N–H and O–H groups in total. The molecular formula is C14H18ClNO2S. The number of benzene rings is 1. The molecule has 19 heavy (non-hydrogen) atoms. The van der Waals surface area contributed by atoms with E-state index in [1.165, 1.54) is 11.8 Å². The van der Waals surface area contributed by atoms with Gasteiger partial charge in [-0.3, -0.25) is 4.79 Å². The highest BCUT2D eigenvalue weighted by atomic mass is 35.5. The number of aliphatic hydroxyl groups excluding tert-OH is 1. The van der Waals surface area contributed by atoms with Crippen molar-refractivity contribution in [3.63, 3.8) is 0 Å². The molecule has 0 aromatic heterocycles. The first-order chi connectivity index (χ1) is 9.11. The molecule has 0 saturated carbocycles. The normalized spacial score (nSPS) is 20.6. The highest BCUT2D eigenvalue weighted by Gasteiger charge is 2.31. The predicted molar refractivity (Wildman–Crippen MR) is 78.6 cm³/mol. The Hall–Kier alpha value is -0.710. The fourth-order valence-electron chi connectivity index (χ4n) is 2.32. The maximum absolute atomic E-state index is 12.4. The largest absolute Gasteiger partial charge is 0.394 e. The average molecular weight is 300 g/mol. The molecule has 0 aliphatic carbocycles. The average Bonchev–Trinajstić information content (AvgIpc) is 2.88. The van der Waals surface area contributed by atoms with E-state index in [1.807, 2.05) is 36.1 Å². The molecule has 1 aromatic rings. The quantitative estimate of drug-likeness (QED) is 0.869. The number of hydrogen-bond acceptors (Lipinski definition) is 3. The van der Waals surface area contributed by atoms with Gasteiger partial charge in [0.05, 0.1) is 17.9 Å². The molecule has 1 fully saturated rings. The van der Waals surface area contributed by atoms with Crippen LogP contribution in [-0.2, 0) is 4.79 Å². The Balaban J connectivity index is 1.97. The van der Waals surface area contributed by atoms with Crippen molar-refractivity contribution in [1.82, 2.24) is 4.90 Å². The Morgan fingerprint density at radius 1 is 1.53 bits per heavy atom. The molecular weight excluding hydrogens is 282 g/mol. The molecule has 5 heteroatoms. The van der Waals surface area contributed by atoms with Gasteiger partial charge in [-0.15, -0.1) is 11.8 Å². The highest BCUT2D eigenvalue weighted by molar-refractivity contribution is 8.00. The third-order valence-electron chi connectivity index (χ3n) is 3.35. The minimum atomic E-state index is -0.145. The zero-order valence-electron chi connectivity index (χ0n) is 10.9. The molecule has 0 bridgehead atoms. The van der Waals surface area contributed by atoms with Gasteiger partial charge >= 0.3 is 0 Å². The number of amides is 1. The lowest BCUT2D eigenvalue weighted by molar-refractivity contribution is -0.131. The molecule has 2 atom stereocenters. The minimum absolute atomic E-state index is 0.000711. The van der Waals surface area contributed by atoms with Crippen LogP contribution in [0.1, 0.15) is 19.8 Å². The van der Waals surface area contributed by atoms with Crippen molar-refractivity contribution in [3.8, 4) is 0 Å². The van der Waals surface area contributed by atoms with Crippen LogP contribution in [0.5, 0.6) is 0 Å². The molecule has 1 heterocycles. The van der Waals surface area contributed by atoms with E-state index in [4.69, 9.17) is 11.6 Å². The summed E-state index contributed by atoms with van der Waals surface area (Å²) in [5.74, 6) is 0.108. The molecule has 104 valence electrons. The summed E-state index contributed by atoms with van der Waals surface area (Å²) in [6, 6.07) is 7.50. The minimum Gasteiger partial charge on any atom is -0.394 e. The van der Waals surface area contributed by atoms with E-state index in [1.54, 1.807) is 0 Å². The second kappa shape index (κ2) is 6.64. The summed E-state index contributed by atoms with van der Waals surface area (Å²) in [7, 11) is 0. The van der Waals surface area contributed by atoms with Crippen LogP contribution < -0.4 is 0 Å². The lowest BCUT2D eigenvalue weighted by Gasteiger charge is -2.26. The van der Waals surface area contributed by atoms with Crippen molar-refractivity contribution in [2.75, 3.05) is 13.2 Å². The number of thioether (sulfide) groups is 1. The standard InChI is InChI=1S/C14H18ClNO2S/c1-10(19-13-6-4-11(15)5-7-13)14(18)16-8-2-3-12(16)9-17/h4-7,10,12,17H,2-3,8-9H2,1H3/t10?,12-/m0/s1. The smallest absolute Gasteiger partial charge is 0.236 e. The van der Waals surface area contributed by atoms with Gasteiger partial charge in [0.1, 0.15) is 0 Å². The summed E-state index contributed by atoms with van der Waals surface area (Å²) in [4.78, 5) is 15.2. The van der Waals surface area contributed by atoms with E-state index >= 15 is 0 Å². The Kier molecular flexibility index (Phi) is 5.13. The van der Waals surface area contributed by atoms with E-state index in [-0.39, 0.29) is 23.8 Å². The zero-order chi connectivity index (χ0) is 13.8. The summed E-state index contributed by atoms with van der Waals surface area (Å²) < 4.78 is 0. The van der Waals surface area contributed by atoms with Gasteiger partial charge in [0.25, 0.3) is 0 Å². The lowest BCUT2D eigenvalue weighted by atomic mass is 10.2. The second-order valence-corrected chi connectivity index (χ2v) is 6.57. The summed E-state index contributed by atoms with van der Waals surface area (Å²) >= 11 is 7.37. The first-order valence-corrected chi connectivity index (χ1v) is 7.71. The van der Waals surface area contributed by atoms with Gasteiger partial charge in [-0.25, -0.2) is 0 Å². The maximum Gasteiger partial charge on any atom is 0.236 e. The molecule has 2 rings (SSSR count). The first-order valence-electron chi connectivity index (χ1n) is 6.45. The van der Waals surface area contributed by atoms with E-state index in [9.17, 15) is 9.90 Å². The van der Waals surface area contributed by atoms with E-state index < -0.39 is 0 Å². The Labute approximate surface area is 122 Å². The maximum atomic E-state index is 12.4. The summed E-state index contributed by atoms with van der Waals surface area (Å²) in [5.41, 5.74) is 0. The monoisotopic (exact) mass is 299 g/mol. The van der Waals surface area contributed by atoms with Gasteiger partial charge in [-0.05, 0) is 44.0 Å². The topological polar surface area (TPSA) is 40.5 Å². The van der Waals surface area contributed by atoms with E-state index in [0.717, 1.165) is 24.3 Å². The number of carbonyl (C=O) groups is 1. The summed E-state index contributed by atoms with van der Waals surface area (Å²) in [6.45, 7) is 2.73. The van der Waals surface area contributed by atoms with Gasteiger partial charge < -0.3 is 10.0 Å². The zero-order valence-corrected chi connectivity index (χ0v) is 12.5. The Morgan fingerprint density at radius 2 is 2.21 bits per heavy atom. The van der Waals surface area contributed by atoms with Crippen molar-refractivity contribution in [2.24, 2.45) is 0 Å². The number of aliphatic hydroxyl groups is 1. The Bertz CT molecular complexity index is 438. The van der Waals surface area contributed by atoms with Crippen molar-refractivity contribution >= 4 is 29.3 Å². The van der Waals surface area contributed by atoms with Crippen LogP contribution in [0.25, 0.3) is 0 Å². The van der Waals surface area contributed by atoms with Crippen LogP contribution in [0.15, 0.2) is 29.2 Å². The molecule has 0 radical (unpaired) electrons. The first kappa shape index (κ1) is 14.7. The van der Waals surface area contributed by atoms with Crippen LogP contribution in [-0.4, -0.2) is 40.4 Å². The van der Waals surface area contributed by atoms with Crippen molar-refractivity contribution in [2.45, 2.75) is 36.0 Å². The second-order valence-electron chi connectivity index (χ2n) is 4.72. The molecule has 1 unspecified atom stereocenters. The molecule has 1 amide bonds. The third kappa shape index (κ3) is 3.65. The fourth-order valence-corrected chi connectivity index (χ4v) is 3.38. The predicted octanol–water partition coefficient (Wildman–Crippen LogP) is 2.80. The molecule has 0 spiro atoms. The van der Waals surface area contributed by atoms with Crippen molar-refractivity contribution in [3.05, 3.63) is 29.3 Å². The summed E-state index contributed by atoms with van der Waals surface area (Å²) in [6.07, 6.45) is 1.88. The van der Waals surface area contributed by atoms with Crippen molar-refractivity contribution in [1.29, 1.82) is 0 Å². The third-order valence-corrected chi connectivity index (χ3v) is 4.70. The lowest BCUT2D eigenvalue weighted by Crippen LogP contribution is -2.41. The van der Waals surface area contributed by atoms with Gasteiger partial charge in [-0.2, -0.15) is 0 Å². The van der Waals surface area contributed by atoms with Crippen LogP contribution in [0.3, 0.4) is 0 Å². The van der Waals surface area contributed by atoms with Crippen molar-refractivity contribution < 1.29 is 9.90 Å². The number of halogens is 1. The summed E-state index contributed by atoms with van der Waals surface area (Å²) in [5, 5.41) is 9.82. The number of likely N-dealkylation sites (tertiary alicyclic amines) is 1. The molecule has 1 aromatic carbocycles.